The summed E-state index contributed by atoms with van der Waals surface area (Å²) in [5, 5.41) is 1.50. The Morgan fingerprint density at radius 3 is 2.21 bits per heavy atom. The van der Waals surface area contributed by atoms with E-state index in [4.69, 9.17) is 34.8 Å². The number of aryl methyl sites for hydroxylation is 1. The fourth-order valence-corrected chi connectivity index (χ4v) is 3.17. The number of carbonyl (C=O) groups excluding carboxylic acids is 1. The van der Waals surface area contributed by atoms with Crippen LogP contribution in [0.1, 0.15) is 22.8 Å². The third-order valence-corrected chi connectivity index (χ3v) is 4.62. The first-order valence-corrected chi connectivity index (χ1v) is 8.58. The Bertz CT molecular complexity index is 897. The highest BCUT2D eigenvalue weighted by Crippen LogP contribution is 2.30. The molecule has 0 bridgehead atoms. The molecular weight excluding hydrogens is 365 g/mol. The van der Waals surface area contributed by atoms with E-state index in [0.29, 0.717) is 26.2 Å². The van der Waals surface area contributed by atoms with E-state index in [2.05, 4.69) is 0 Å². The monoisotopic (exact) mass is 377 g/mol. The van der Waals surface area contributed by atoms with Gasteiger partial charge in [-0.15, -0.1) is 0 Å². The number of nitrogens with zero attached hydrogens (tertiary/aromatic N) is 1. The van der Waals surface area contributed by atoms with Crippen molar-refractivity contribution in [2.24, 2.45) is 0 Å². The molecule has 1 heterocycles. The number of benzene rings is 2. The molecule has 0 fully saturated rings. The lowest BCUT2D eigenvalue weighted by molar-refractivity contribution is 0.103. The van der Waals surface area contributed by atoms with Gasteiger partial charge < -0.3 is 4.57 Å². The van der Waals surface area contributed by atoms with Crippen molar-refractivity contribution < 1.29 is 4.79 Å². The van der Waals surface area contributed by atoms with Crippen LogP contribution in [-0.4, -0.2) is 10.4 Å². The van der Waals surface area contributed by atoms with Gasteiger partial charge >= 0.3 is 0 Å². The summed E-state index contributed by atoms with van der Waals surface area (Å²) < 4.78 is 1.97. The summed E-state index contributed by atoms with van der Waals surface area (Å²) in [7, 11) is 0. The molecule has 3 aromatic rings. The van der Waals surface area contributed by atoms with Gasteiger partial charge in [0.05, 0.1) is 5.02 Å². The van der Waals surface area contributed by atoms with Crippen LogP contribution < -0.4 is 0 Å². The number of rotatable bonds is 4. The summed E-state index contributed by atoms with van der Waals surface area (Å²) in [6, 6.07) is 12.3. The summed E-state index contributed by atoms with van der Waals surface area (Å²) in [4.78, 5) is 13.0. The van der Waals surface area contributed by atoms with Crippen LogP contribution in [0.4, 0.5) is 0 Å². The van der Waals surface area contributed by atoms with Crippen molar-refractivity contribution in [3.8, 4) is 11.1 Å². The maximum absolute atomic E-state index is 13.0. The minimum Gasteiger partial charge on any atom is -0.353 e. The number of aromatic nitrogens is 1. The van der Waals surface area contributed by atoms with Crippen LogP contribution in [0.3, 0.4) is 0 Å². The fraction of sp³-hybridized carbons (Fsp3) is 0.105. The average Bonchev–Trinajstić information content (AvgIpc) is 2.99. The van der Waals surface area contributed by atoms with Gasteiger partial charge in [-0.3, -0.25) is 4.79 Å². The van der Waals surface area contributed by atoms with Gasteiger partial charge in [-0.05, 0) is 42.8 Å². The van der Waals surface area contributed by atoms with Crippen molar-refractivity contribution in [3.05, 3.63) is 81.1 Å². The minimum atomic E-state index is -0.131. The van der Waals surface area contributed by atoms with Gasteiger partial charge in [0.1, 0.15) is 0 Å². The van der Waals surface area contributed by atoms with Gasteiger partial charge in [0, 0.05) is 45.7 Å². The van der Waals surface area contributed by atoms with Crippen molar-refractivity contribution in [1.82, 2.24) is 4.57 Å². The molecule has 0 amide bonds. The second-order valence-electron chi connectivity index (χ2n) is 5.38. The Balaban J connectivity index is 2.11. The molecule has 0 saturated heterocycles. The van der Waals surface area contributed by atoms with E-state index in [0.717, 1.165) is 17.7 Å². The SMILES string of the molecule is CCn1cc(C(=O)c2ccc(Cl)cc2Cl)c(-c2ccc(Cl)cc2)c1. The molecule has 0 spiro atoms. The van der Waals surface area contributed by atoms with Crippen LogP contribution >= 0.6 is 34.8 Å². The van der Waals surface area contributed by atoms with Gasteiger partial charge in [-0.1, -0.05) is 46.9 Å². The Kier molecular flexibility index (Phi) is 5.00. The van der Waals surface area contributed by atoms with Crippen molar-refractivity contribution >= 4 is 40.6 Å². The van der Waals surface area contributed by atoms with E-state index in [1.165, 1.54) is 0 Å². The smallest absolute Gasteiger partial charge is 0.196 e. The van der Waals surface area contributed by atoms with Gasteiger partial charge in [0.25, 0.3) is 0 Å². The molecule has 2 aromatic carbocycles. The first kappa shape index (κ1) is 17.1. The number of halogens is 3. The van der Waals surface area contributed by atoms with E-state index < -0.39 is 0 Å². The van der Waals surface area contributed by atoms with Crippen LogP contribution in [0, 0.1) is 0 Å². The molecule has 1 aromatic heterocycles. The zero-order chi connectivity index (χ0) is 17.3. The van der Waals surface area contributed by atoms with E-state index in [-0.39, 0.29) is 5.78 Å². The maximum atomic E-state index is 13.0. The van der Waals surface area contributed by atoms with Crippen molar-refractivity contribution in [1.29, 1.82) is 0 Å². The summed E-state index contributed by atoms with van der Waals surface area (Å²) >= 11 is 18.1. The van der Waals surface area contributed by atoms with Crippen molar-refractivity contribution in [2.75, 3.05) is 0 Å². The van der Waals surface area contributed by atoms with Gasteiger partial charge in [-0.25, -0.2) is 0 Å². The Morgan fingerprint density at radius 1 is 0.917 bits per heavy atom. The van der Waals surface area contributed by atoms with Gasteiger partial charge in [0.2, 0.25) is 0 Å². The molecule has 3 rings (SSSR count). The molecule has 0 aliphatic rings. The number of carbonyl (C=O) groups is 1. The quantitative estimate of drug-likeness (QED) is 0.484. The summed E-state index contributed by atoms with van der Waals surface area (Å²) in [5.74, 6) is -0.131. The van der Waals surface area contributed by atoms with Crippen LogP contribution in [0.2, 0.25) is 15.1 Å². The van der Waals surface area contributed by atoms with E-state index in [1.807, 2.05) is 48.1 Å². The molecule has 0 unspecified atom stereocenters. The highest BCUT2D eigenvalue weighted by Gasteiger charge is 2.19. The predicted molar refractivity (Wildman–Crippen MR) is 100 cm³/mol. The minimum absolute atomic E-state index is 0.131. The molecule has 5 heteroatoms. The number of hydrogen-bond donors (Lipinski definition) is 0. The normalized spacial score (nSPS) is 10.8. The number of ketones is 1. The second kappa shape index (κ2) is 7.02. The lowest BCUT2D eigenvalue weighted by Gasteiger charge is -2.06. The second-order valence-corrected chi connectivity index (χ2v) is 6.66. The molecule has 0 aliphatic heterocycles. The van der Waals surface area contributed by atoms with E-state index in [1.54, 1.807) is 18.2 Å². The Labute approximate surface area is 155 Å². The lowest BCUT2D eigenvalue weighted by Crippen LogP contribution is -2.03. The maximum Gasteiger partial charge on any atom is 0.196 e. The lowest BCUT2D eigenvalue weighted by atomic mass is 9.98. The molecule has 0 aliphatic carbocycles. The largest absolute Gasteiger partial charge is 0.353 e. The average molecular weight is 379 g/mol. The summed E-state index contributed by atoms with van der Waals surface area (Å²) in [6.45, 7) is 2.79. The molecule has 2 nitrogen and oxygen atoms in total. The standard InChI is InChI=1S/C19H14Cl3NO/c1-2-23-10-16(12-3-5-13(20)6-4-12)17(11-23)19(24)15-8-7-14(21)9-18(15)22/h3-11H,2H2,1H3. The van der Waals surface area contributed by atoms with Crippen molar-refractivity contribution in [2.45, 2.75) is 13.5 Å². The first-order valence-electron chi connectivity index (χ1n) is 7.45. The molecule has 122 valence electrons. The van der Waals surface area contributed by atoms with Crippen LogP contribution in [-0.2, 0) is 6.54 Å². The molecule has 0 saturated carbocycles. The molecule has 0 N–H and O–H groups in total. The molecule has 24 heavy (non-hydrogen) atoms. The van der Waals surface area contributed by atoms with Gasteiger partial charge in [0.15, 0.2) is 5.78 Å². The zero-order valence-electron chi connectivity index (χ0n) is 12.9. The molecular formula is C19H14Cl3NO. The summed E-state index contributed by atoms with van der Waals surface area (Å²) in [5.41, 5.74) is 2.82. The third-order valence-electron chi connectivity index (χ3n) is 3.82. The van der Waals surface area contributed by atoms with E-state index in [9.17, 15) is 4.79 Å². The molecule has 0 radical (unpaired) electrons. The summed E-state index contributed by atoms with van der Waals surface area (Å²) in [6.07, 6.45) is 3.80. The highest BCUT2D eigenvalue weighted by molar-refractivity contribution is 6.37. The van der Waals surface area contributed by atoms with Crippen LogP contribution in [0.5, 0.6) is 0 Å². The highest BCUT2D eigenvalue weighted by atomic mass is 35.5. The van der Waals surface area contributed by atoms with Crippen LogP contribution in [0.25, 0.3) is 11.1 Å². The van der Waals surface area contributed by atoms with Crippen molar-refractivity contribution in [3.63, 3.8) is 0 Å². The first-order chi connectivity index (χ1) is 11.5. The van der Waals surface area contributed by atoms with E-state index >= 15 is 0 Å². The predicted octanol–water partition coefficient (Wildman–Crippen LogP) is 6.37. The number of hydrogen-bond acceptors (Lipinski definition) is 1. The Morgan fingerprint density at radius 2 is 1.58 bits per heavy atom. The topological polar surface area (TPSA) is 22.0 Å². The fourth-order valence-electron chi connectivity index (χ4n) is 2.55. The zero-order valence-corrected chi connectivity index (χ0v) is 15.2. The third kappa shape index (κ3) is 3.36. The Hall–Kier alpha value is -1.74. The van der Waals surface area contributed by atoms with Gasteiger partial charge in [-0.2, -0.15) is 0 Å². The van der Waals surface area contributed by atoms with Crippen LogP contribution in [0.15, 0.2) is 54.9 Å². The molecule has 0 atom stereocenters.